The second-order valence-corrected chi connectivity index (χ2v) is 3.56. The highest BCUT2D eigenvalue weighted by molar-refractivity contribution is 5.80. The van der Waals surface area contributed by atoms with Gasteiger partial charge < -0.3 is 9.80 Å². The molecule has 1 rings (SSSR count). The van der Waals surface area contributed by atoms with Crippen molar-refractivity contribution in [3.05, 3.63) is 0 Å². The molecule has 1 saturated heterocycles. The molecule has 1 amide bonds. The molecule has 0 aromatic rings. The van der Waals surface area contributed by atoms with Crippen molar-refractivity contribution in [3.8, 4) is 0 Å². The summed E-state index contributed by atoms with van der Waals surface area (Å²) in [6.07, 6.45) is -0.114. The molecular weight excluding hydrogens is 184 g/mol. The Labute approximate surface area is 83.3 Å². The van der Waals surface area contributed by atoms with Gasteiger partial charge in [-0.15, -0.1) is 0 Å². The molecule has 0 aromatic carbocycles. The van der Waals surface area contributed by atoms with Gasteiger partial charge in [0.1, 0.15) is 0 Å². The Morgan fingerprint density at radius 2 is 1.64 bits per heavy atom. The minimum Gasteiger partial charge on any atom is -0.340 e. The van der Waals surface area contributed by atoms with Crippen molar-refractivity contribution in [2.45, 2.75) is 12.8 Å². The van der Waals surface area contributed by atoms with E-state index in [0.717, 1.165) is 13.1 Å². The minimum atomic E-state index is -1.16. The highest BCUT2D eigenvalue weighted by Gasteiger charge is 2.19. The lowest BCUT2D eigenvalue weighted by atomic mass is 10.2. The molecule has 14 heavy (non-hydrogen) atoms. The Bertz CT molecular complexity index is 222. The van der Waals surface area contributed by atoms with Gasteiger partial charge in [-0.25, -0.2) is 9.90 Å². The van der Waals surface area contributed by atoms with Gasteiger partial charge in [0.25, 0.3) is 0 Å². The van der Waals surface area contributed by atoms with Gasteiger partial charge in [0, 0.05) is 32.6 Å². The van der Waals surface area contributed by atoms with Crippen LogP contribution in [0, 0.1) is 0 Å². The monoisotopic (exact) mass is 199 g/mol. The Morgan fingerprint density at radius 1 is 1.07 bits per heavy atom. The minimum absolute atomic E-state index is 0.0616. The summed E-state index contributed by atoms with van der Waals surface area (Å²) in [6.45, 7) is 3.11. The fraction of sp³-hybridized carbons (Fsp3) is 0.778. The number of carbonyl (C=O) groups excluding carboxylic acids is 2. The van der Waals surface area contributed by atoms with Gasteiger partial charge in [-0.2, -0.15) is 0 Å². The number of likely N-dealkylation sites (N-methyl/N-ethyl adjacent to an activating group) is 1. The maximum atomic E-state index is 11.4. The van der Waals surface area contributed by atoms with Crippen LogP contribution in [-0.2, 0) is 14.7 Å². The molecular formula is C9H15N2O3. The molecule has 79 valence electrons. The fourth-order valence-corrected chi connectivity index (χ4v) is 1.42. The summed E-state index contributed by atoms with van der Waals surface area (Å²) in [5.74, 6) is -1.24. The molecule has 0 aromatic heterocycles. The normalized spacial score (nSPS) is 18.2. The van der Waals surface area contributed by atoms with Crippen LogP contribution in [0.4, 0.5) is 0 Å². The first kappa shape index (κ1) is 11.0. The number of hydrogen-bond donors (Lipinski definition) is 0. The summed E-state index contributed by atoms with van der Waals surface area (Å²) in [5, 5.41) is 10.1. The van der Waals surface area contributed by atoms with E-state index in [1.807, 2.05) is 7.05 Å². The van der Waals surface area contributed by atoms with E-state index in [1.165, 1.54) is 0 Å². The maximum absolute atomic E-state index is 11.4. The molecule has 0 unspecified atom stereocenters. The summed E-state index contributed by atoms with van der Waals surface area (Å²) in [6, 6.07) is 0. The lowest BCUT2D eigenvalue weighted by molar-refractivity contribution is -0.146. The van der Waals surface area contributed by atoms with E-state index in [1.54, 1.807) is 4.90 Å². The van der Waals surface area contributed by atoms with Crippen molar-refractivity contribution in [1.29, 1.82) is 0 Å². The van der Waals surface area contributed by atoms with Crippen molar-refractivity contribution in [2.24, 2.45) is 0 Å². The van der Waals surface area contributed by atoms with Gasteiger partial charge >= 0.3 is 5.97 Å². The SMILES string of the molecule is CN1CCN(C(=O)CCC([O])=O)CC1. The highest BCUT2D eigenvalue weighted by Crippen LogP contribution is 2.03. The predicted molar refractivity (Wildman–Crippen MR) is 49.0 cm³/mol. The van der Waals surface area contributed by atoms with E-state index in [9.17, 15) is 14.7 Å². The number of amides is 1. The molecule has 1 radical (unpaired) electrons. The lowest BCUT2D eigenvalue weighted by Gasteiger charge is -2.32. The number of piperazine rings is 1. The van der Waals surface area contributed by atoms with E-state index in [4.69, 9.17) is 0 Å². The zero-order valence-corrected chi connectivity index (χ0v) is 8.36. The van der Waals surface area contributed by atoms with Crippen LogP contribution in [0.15, 0.2) is 0 Å². The average molecular weight is 199 g/mol. The smallest absolute Gasteiger partial charge is 0.340 e. The molecule has 0 N–H and O–H groups in total. The third-order valence-electron chi connectivity index (χ3n) is 2.40. The summed E-state index contributed by atoms with van der Waals surface area (Å²) in [4.78, 5) is 25.4. The molecule has 0 spiro atoms. The van der Waals surface area contributed by atoms with E-state index < -0.39 is 5.97 Å². The molecule has 0 aliphatic carbocycles. The predicted octanol–water partition coefficient (Wildman–Crippen LogP) is -0.502. The topological polar surface area (TPSA) is 60.5 Å². The van der Waals surface area contributed by atoms with E-state index in [2.05, 4.69) is 4.90 Å². The molecule has 0 bridgehead atoms. The third-order valence-corrected chi connectivity index (χ3v) is 2.40. The van der Waals surface area contributed by atoms with Gasteiger partial charge in [-0.1, -0.05) is 0 Å². The molecule has 5 nitrogen and oxygen atoms in total. The van der Waals surface area contributed by atoms with Crippen LogP contribution in [-0.4, -0.2) is 54.9 Å². The summed E-state index contributed by atoms with van der Waals surface area (Å²) < 4.78 is 0. The zero-order chi connectivity index (χ0) is 10.6. The van der Waals surface area contributed by atoms with E-state index in [-0.39, 0.29) is 18.7 Å². The molecule has 1 aliphatic rings. The van der Waals surface area contributed by atoms with Gasteiger partial charge in [0.15, 0.2) is 0 Å². The Kier molecular flexibility index (Phi) is 3.88. The second kappa shape index (κ2) is 4.95. The summed E-state index contributed by atoms with van der Waals surface area (Å²) in [5.41, 5.74) is 0. The quantitative estimate of drug-likeness (QED) is 0.615. The number of carbonyl (C=O) groups is 2. The summed E-state index contributed by atoms with van der Waals surface area (Å²) >= 11 is 0. The Hall–Kier alpha value is -1.10. The maximum Gasteiger partial charge on any atom is 0.356 e. The number of nitrogens with zero attached hydrogens (tertiary/aromatic N) is 2. The average Bonchev–Trinajstić information content (AvgIpc) is 2.15. The molecule has 5 heteroatoms. The number of hydrogen-bond acceptors (Lipinski definition) is 3. The van der Waals surface area contributed by atoms with Crippen LogP contribution >= 0.6 is 0 Å². The van der Waals surface area contributed by atoms with Crippen molar-refractivity contribution in [2.75, 3.05) is 33.2 Å². The van der Waals surface area contributed by atoms with Gasteiger partial charge in [-0.3, -0.25) is 4.79 Å². The van der Waals surface area contributed by atoms with Gasteiger partial charge in [0.2, 0.25) is 5.91 Å². The summed E-state index contributed by atoms with van der Waals surface area (Å²) in [7, 11) is 2.00. The van der Waals surface area contributed by atoms with Crippen LogP contribution in [0.3, 0.4) is 0 Å². The first-order valence-corrected chi connectivity index (χ1v) is 4.76. The molecule has 0 saturated carbocycles. The molecule has 1 heterocycles. The van der Waals surface area contributed by atoms with E-state index in [0.29, 0.717) is 13.1 Å². The van der Waals surface area contributed by atoms with Crippen LogP contribution in [0.1, 0.15) is 12.8 Å². The first-order valence-electron chi connectivity index (χ1n) is 4.76. The third kappa shape index (κ3) is 3.33. The second-order valence-electron chi connectivity index (χ2n) is 3.56. The van der Waals surface area contributed by atoms with Crippen molar-refractivity contribution < 1.29 is 14.7 Å². The van der Waals surface area contributed by atoms with Crippen LogP contribution < -0.4 is 0 Å². The largest absolute Gasteiger partial charge is 0.356 e. The Morgan fingerprint density at radius 3 is 2.14 bits per heavy atom. The van der Waals surface area contributed by atoms with Crippen LogP contribution in [0.2, 0.25) is 0 Å². The van der Waals surface area contributed by atoms with Crippen molar-refractivity contribution in [3.63, 3.8) is 0 Å². The molecule has 0 atom stereocenters. The molecule has 1 aliphatic heterocycles. The van der Waals surface area contributed by atoms with Crippen molar-refractivity contribution in [1.82, 2.24) is 9.80 Å². The van der Waals surface area contributed by atoms with E-state index >= 15 is 0 Å². The Balaban J connectivity index is 2.27. The first-order chi connectivity index (χ1) is 6.59. The van der Waals surface area contributed by atoms with Crippen molar-refractivity contribution >= 4 is 11.9 Å². The zero-order valence-electron chi connectivity index (χ0n) is 8.36. The molecule has 1 fully saturated rings. The van der Waals surface area contributed by atoms with Crippen LogP contribution in [0.5, 0.6) is 0 Å². The van der Waals surface area contributed by atoms with Crippen LogP contribution in [0.25, 0.3) is 0 Å². The van der Waals surface area contributed by atoms with Gasteiger partial charge in [0.05, 0.1) is 6.42 Å². The fourth-order valence-electron chi connectivity index (χ4n) is 1.42. The highest BCUT2D eigenvalue weighted by atomic mass is 16.4. The van der Waals surface area contributed by atoms with Gasteiger partial charge in [-0.05, 0) is 7.05 Å². The number of rotatable bonds is 3. The lowest BCUT2D eigenvalue weighted by Crippen LogP contribution is -2.47. The standard InChI is InChI=1S/C9H15N2O3/c1-10-4-6-11(7-5-10)8(12)2-3-9(13)14/h2-7H2,1H3.